The molecule has 1 unspecified atom stereocenters. The Balaban J connectivity index is 1.50. The van der Waals surface area contributed by atoms with Gasteiger partial charge in [0, 0.05) is 6.42 Å². The summed E-state index contributed by atoms with van der Waals surface area (Å²) in [6, 6.07) is 18.4. The highest BCUT2D eigenvalue weighted by atomic mass is 16.5. The molecule has 3 aromatic rings. The minimum absolute atomic E-state index is 0.336. The number of nitrogens with two attached hydrogens (primary N) is 1. The van der Waals surface area contributed by atoms with Crippen LogP contribution in [-0.2, 0) is 12.0 Å². The van der Waals surface area contributed by atoms with Gasteiger partial charge in [0.15, 0.2) is 11.9 Å². The van der Waals surface area contributed by atoms with Crippen molar-refractivity contribution < 1.29 is 9.26 Å². The predicted molar refractivity (Wildman–Crippen MR) is 98.7 cm³/mol. The van der Waals surface area contributed by atoms with Crippen LogP contribution in [0.3, 0.4) is 0 Å². The highest BCUT2D eigenvalue weighted by Gasteiger charge is 2.39. The van der Waals surface area contributed by atoms with Crippen LogP contribution in [0.1, 0.15) is 55.1 Å². The molecule has 1 aliphatic rings. The van der Waals surface area contributed by atoms with Crippen molar-refractivity contribution in [3.05, 3.63) is 77.4 Å². The molecule has 0 aliphatic heterocycles. The normalized spacial score (nSPS) is 16.7. The van der Waals surface area contributed by atoms with Crippen LogP contribution < -0.4 is 10.5 Å². The van der Waals surface area contributed by atoms with E-state index in [2.05, 4.69) is 28.3 Å². The van der Waals surface area contributed by atoms with Gasteiger partial charge in [-0.1, -0.05) is 53.7 Å². The zero-order chi connectivity index (χ0) is 18.0. The number of hydrogen-bond acceptors (Lipinski definition) is 5. The molecular weight excluding hydrogens is 326 g/mol. The minimum atomic E-state index is -0.424. The number of benzene rings is 2. The first-order valence-corrected chi connectivity index (χ1v) is 9.05. The van der Waals surface area contributed by atoms with Crippen molar-refractivity contribution in [2.24, 2.45) is 5.73 Å². The van der Waals surface area contributed by atoms with Crippen molar-refractivity contribution in [3.63, 3.8) is 0 Å². The molecule has 2 N–H and O–H groups in total. The first-order valence-electron chi connectivity index (χ1n) is 9.05. The van der Waals surface area contributed by atoms with Crippen molar-refractivity contribution in [3.8, 4) is 5.75 Å². The van der Waals surface area contributed by atoms with Crippen LogP contribution >= 0.6 is 0 Å². The van der Waals surface area contributed by atoms with Crippen molar-refractivity contribution in [1.82, 2.24) is 10.1 Å². The second-order valence-electron chi connectivity index (χ2n) is 7.00. The van der Waals surface area contributed by atoms with E-state index in [9.17, 15) is 0 Å². The van der Waals surface area contributed by atoms with Crippen LogP contribution in [0.5, 0.6) is 5.75 Å². The Kier molecular flexibility index (Phi) is 4.47. The quantitative estimate of drug-likeness (QED) is 0.724. The average Bonchev–Trinajstić information content (AvgIpc) is 3.13. The van der Waals surface area contributed by atoms with Crippen molar-refractivity contribution in [2.75, 3.05) is 0 Å². The van der Waals surface area contributed by atoms with Gasteiger partial charge in [0.2, 0.25) is 0 Å². The summed E-state index contributed by atoms with van der Waals surface area (Å²) in [5.74, 6) is 1.88. The monoisotopic (exact) mass is 349 g/mol. The van der Waals surface area contributed by atoms with E-state index in [1.807, 2.05) is 43.3 Å². The van der Waals surface area contributed by atoms with Gasteiger partial charge in [-0.25, -0.2) is 0 Å². The zero-order valence-corrected chi connectivity index (χ0v) is 14.9. The van der Waals surface area contributed by atoms with E-state index >= 15 is 0 Å². The van der Waals surface area contributed by atoms with Gasteiger partial charge in [-0.3, -0.25) is 0 Å². The lowest BCUT2D eigenvalue weighted by atomic mass is 9.77. The van der Waals surface area contributed by atoms with Crippen LogP contribution in [0, 0.1) is 0 Å². The van der Waals surface area contributed by atoms with Gasteiger partial charge in [-0.05, 0) is 43.4 Å². The van der Waals surface area contributed by atoms with Gasteiger partial charge < -0.3 is 15.0 Å². The largest absolute Gasteiger partial charge is 0.481 e. The molecule has 5 heteroatoms. The van der Waals surface area contributed by atoms with Crippen molar-refractivity contribution in [1.29, 1.82) is 0 Å². The fourth-order valence-corrected chi connectivity index (χ4v) is 3.21. The molecule has 2 aromatic carbocycles. The fraction of sp³-hybridized carbons (Fsp3) is 0.333. The lowest BCUT2D eigenvalue weighted by Crippen LogP contribution is -2.44. The molecule has 1 aromatic heterocycles. The fourth-order valence-electron chi connectivity index (χ4n) is 3.21. The number of ether oxygens (including phenoxy) is 1. The summed E-state index contributed by atoms with van der Waals surface area (Å²) in [6.07, 6.45) is 3.39. The third kappa shape index (κ3) is 3.35. The minimum Gasteiger partial charge on any atom is -0.481 e. The number of aromatic nitrogens is 2. The Morgan fingerprint density at radius 3 is 2.58 bits per heavy atom. The molecule has 4 rings (SSSR count). The van der Waals surface area contributed by atoms with Gasteiger partial charge in [0.05, 0.1) is 5.54 Å². The molecule has 0 amide bonds. The summed E-state index contributed by atoms with van der Waals surface area (Å²) in [5.41, 5.74) is 8.22. The molecule has 1 fully saturated rings. The first-order chi connectivity index (χ1) is 12.6. The summed E-state index contributed by atoms with van der Waals surface area (Å²) in [6.45, 7) is 1.92. The Morgan fingerprint density at radius 2 is 1.85 bits per heavy atom. The number of rotatable bonds is 6. The van der Waals surface area contributed by atoms with E-state index in [0.717, 1.165) is 37.0 Å². The molecule has 26 heavy (non-hydrogen) atoms. The summed E-state index contributed by atoms with van der Waals surface area (Å²) >= 11 is 0. The molecule has 1 atom stereocenters. The highest BCUT2D eigenvalue weighted by molar-refractivity contribution is 5.37. The van der Waals surface area contributed by atoms with Gasteiger partial charge in [-0.15, -0.1) is 0 Å². The zero-order valence-electron chi connectivity index (χ0n) is 14.9. The average molecular weight is 349 g/mol. The van der Waals surface area contributed by atoms with Crippen molar-refractivity contribution >= 4 is 0 Å². The maximum atomic E-state index is 6.27. The van der Waals surface area contributed by atoms with E-state index in [1.54, 1.807) is 0 Å². The van der Waals surface area contributed by atoms with Gasteiger partial charge in [-0.2, -0.15) is 4.98 Å². The summed E-state index contributed by atoms with van der Waals surface area (Å²) < 4.78 is 11.6. The maximum Gasteiger partial charge on any atom is 0.267 e. The molecule has 0 spiro atoms. The molecule has 0 bridgehead atoms. The molecule has 5 nitrogen and oxygen atoms in total. The van der Waals surface area contributed by atoms with Gasteiger partial charge in [0.25, 0.3) is 5.89 Å². The Labute approximate surface area is 153 Å². The van der Waals surface area contributed by atoms with Gasteiger partial charge >= 0.3 is 0 Å². The van der Waals surface area contributed by atoms with Crippen LogP contribution in [0.2, 0.25) is 0 Å². The van der Waals surface area contributed by atoms with Crippen LogP contribution in [0.4, 0.5) is 0 Å². The van der Waals surface area contributed by atoms with Crippen LogP contribution in [0.25, 0.3) is 0 Å². The molecule has 134 valence electrons. The topological polar surface area (TPSA) is 74.2 Å². The molecule has 1 saturated carbocycles. The van der Waals surface area contributed by atoms with Gasteiger partial charge in [0.1, 0.15) is 5.75 Å². The Morgan fingerprint density at radius 1 is 1.12 bits per heavy atom. The molecule has 1 heterocycles. The predicted octanol–water partition coefficient (Wildman–Crippen LogP) is 4.14. The standard InChI is InChI=1S/C21H23N3O2/c1-15(19-23-20(24-26-19)21(22)12-7-13-21)25-18-11-6-5-10-17(18)14-16-8-3-2-4-9-16/h2-6,8-11,15H,7,12-14,22H2,1H3. The molecule has 0 saturated heterocycles. The second kappa shape index (κ2) is 6.92. The highest BCUT2D eigenvalue weighted by Crippen LogP contribution is 2.37. The molecule has 0 radical (unpaired) electrons. The summed E-state index contributed by atoms with van der Waals surface area (Å²) in [4.78, 5) is 4.49. The van der Waals surface area contributed by atoms with E-state index in [0.29, 0.717) is 11.7 Å². The third-order valence-corrected chi connectivity index (χ3v) is 4.99. The number of para-hydroxylation sites is 1. The molecular formula is C21H23N3O2. The Bertz CT molecular complexity index is 872. The lowest BCUT2D eigenvalue weighted by molar-refractivity contribution is 0.173. The first kappa shape index (κ1) is 16.8. The van der Waals surface area contributed by atoms with E-state index in [1.165, 1.54) is 5.56 Å². The number of nitrogens with zero attached hydrogens (tertiary/aromatic N) is 2. The Hall–Kier alpha value is -2.66. The number of hydrogen-bond donors (Lipinski definition) is 1. The van der Waals surface area contributed by atoms with E-state index in [-0.39, 0.29) is 6.10 Å². The lowest BCUT2D eigenvalue weighted by Gasteiger charge is -2.34. The van der Waals surface area contributed by atoms with E-state index < -0.39 is 5.54 Å². The molecule has 1 aliphatic carbocycles. The van der Waals surface area contributed by atoms with Crippen LogP contribution in [-0.4, -0.2) is 10.1 Å². The third-order valence-electron chi connectivity index (χ3n) is 4.99. The van der Waals surface area contributed by atoms with Crippen molar-refractivity contribution in [2.45, 2.75) is 44.2 Å². The summed E-state index contributed by atoms with van der Waals surface area (Å²) in [7, 11) is 0. The second-order valence-corrected chi connectivity index (χ2v) is 7.00. The SMILES string of the molecule is CC(Oc1ccccc1Cc1ccccc1)c1nc(C2(N)CCC2)no1. The smallest absolute Gasteiger partial charge is 0.267 e. The summed E-state index contributed by atoms with van der Waals surface area (Å²) in [5, 5.41) is 4.07. The van der Waals surface area contributed by atoms with Crippen LogP contribution in [0.15, 0.2) is 59.1 Å². The van der Waals surface area contributed by atoms with E-state index in [4.69, 9.17) is 15.0 Å². The maximum absolute atomic E-state index is 6.27.